The van der Waals surface area contributed by atoms with Crippen LogP contribution >= 0.6 is 0 Å². The van der Waals surface area contributed by atoms with Crippen LogP contribution in [0.15, 0.2) is 24.3 Å². The van der Waals surface area contributed by atoms with Crippen LogP contribution in [0.25, 0.3) is 0 Å². The number of hydrogen-bond acceptors (Lipinski definition) is 5. The summed E-state index contributed by atoms with van der Waals surface area (Å²) in [6.07, 6.45) is 0.938. The van der Waals surface area contributed by atoms with Crippen molar-refractivity contribution < 1.29 is 19.1 Å². The van der Waals surface area contributed by atoms with Gasteiger partial charge in [-0.1, -0.05) is 19.1 Å². The lowest BCUT2D eigenvalue weighted by atomic mass is 10.1. The molecule has 0 heterocycles. The molecule has 0 bridgehead atoms. The zero-order chi connectivity index (χ0) is 15.0. The van der Waals surface area contributed by atoms with Crippen molar-refractivity contribution >= 4 is 11.9 Å². The molecule has 110 valence electrons. The fourth-order valence-corrected chi connectivity index (χ4v) is 1.95. The molecule has 0 fully saturated rings. The minimum Gasteiger partial charge on any atom is -0.468 e. The van der Waals surface area contributed by atoms with Crippen LogP contribution in [-0.4, -0.2) is 44.1 Å². The molecular weight excluding hydrogens is 258 g/mol. The number of hydrogen-bond donors (Lipinski definition) is 0. The summed E-state index contributed by atoms with van der Waals surface area (Å²) in [6.45, 7) is 3.67. The Labute approximate surface area is 119 Å². The Morgan fingerprint density at radius 2 is 1.95 bits per heavy atom. The first kappa shape index (κ1) is 16.2. The highest BCUT2D eigenvalue weighted by atomic mass is 16.5. The van der Waals surface area contributed by atoms with Gasteiger partial charge in [0.25, 0.3) is 0 Å². The number of carbonyl (C=O) groups is 2. The molecule has 5 nitrogen and oxygen atoms in total. The van der Waals surface area contributed by atoms with Crippen molar-refractivity contribution in [3.05, 3.63) is 35.4 Å². The van der Waals surface area contributed by atoms with Crippen LogP contribution < -0.4 is 0 Å². The number of ether oxygens (including phenoxy) is 2. The van der Waals surface area contributed by atoms with Gasteiger partial charge in [0.1, 0.15) is 0 Å². The van der Waals surface area contributed by atoms with Gasteiger partial charge in [-0.05, 0) is 30.7 Å². The van der Waals surface area contributed by atoms with Crippen LogP contribution in [0.4, 0.5) is 0 Å². The van der Waals surface area contributed by atoms with E-state index >= 15 is 0 Å². The van der Waals surface area contributed by atoms with Crippen LogP contribution in [0, 0.1) is 0 Å². The van der Waals surface area contributed by atoms with E-state index in [0.29, 0.717) is 12.1 Å². The molecule has 1 rings (SSSR count). The van der Waals surface area contributed by atoms with Gasteiger partial charge in [-0.2, -0.15) is 0 Å². The number of carbonyl (C=O) groups excluding carboxylic acids is 2. The van der Waals surface area contributed by atoms with Crippen molar-refractivity contribution in [2.45, 2.75) is 19.9 Å². The topological polar surface area (TPSA) is 55.8 Å². The van der Waals surface area contributed by atoms with Gasteiger partial charge in [-0.3, -0.25) is 9.69 Å². The molecule has 0 radical (unpaired) electrons. The van der Waals surface area contributed by atoms with E-state index in [1.807, 2.05) is 17.0 Å². The molecular formula is C15H21NO4. The van der Waals surface area contributed by atoms with Gasteiger partial charge in [-0.25, -0.2) is 4.79 Å². The van der Waals surface area contributed by atoms with E-state index in [4.69, 9.17) is 4.74 Å². The average molecular weight is 279 g/mol. The van der Waals surface area contributed by atoms with Gasteiger partial charge in [0.05, 0.1) is 26.3 Å². The maximum Gasteiger partial charge on any atom is 0.337 e. The Kier molecular flexibility index (Phi) is 6.73. The number of rotatable bonds is 7. The number of nitrogens with zero attached hydrogens (tertiary/aromatic N) is 1. The van der Waals surface area contributed by atoms with Gasteiger partial charge < -0.3 is 9.47 Å². The fourth-order valence-electron chi connectivity index (χ4n) is 1.95. The molecule has 20 heavy (non-hydrogen) atoms. The minimum atomic E-state index is -0.359. The minimum absolute atomic E-state index is 0.243. The summed E-state index contributed by atoms with van der Waals surface area (Å²) in [5.41, 5.74) is 1.48. The van der Waals surface area contributed by atoms with Crippen LogP contribution in [-0.2, 0) is 20.8 Å². The first-order valence-corrected chi connectivity index (χ1v) is 6.57. The lowest BCUT2D eigenvalue weighted by Gasteiger charge is -2.20. The van der Waals surface area contributed by atoms with Crippen LogP contribution in [0.1, 0.15) is 29.3 Å². The average Bonchev–Trinajstić information content (AvgIpc) is 2.46. The standard InChI is InChI=1S/C15H21NO4/c1-4-8-16(11-14(17)19-2)10-12-6-5-7-13(9-12)15(18)20-3/h5-7,9H,4,8,10-11H2,1-3H3. The first-order valence-electron chi connectivity index (χ1n) is 6.57. The second-order valence-electron chi connectivity index (χ2n) is 4.48. The molecule has 0 unspecified atom stereocenters. The third kappa shape index (κ3) is 5.01. The molecule has 1 aromatic rings. The third-order valence-electron chi connectivity index (χ3n) is 2.87. The summed E-state index contributed by atoms with van der Waals surface area (Å²) in [5, 5.41) is 0. The molecule has 0 saturated heterocycles. The van der Waals surface area contributed by atoms with Crippen molar-refractivity contribution in [2.24, 2.45) is 0 Å². The van der Waals surface area contributed by atoms with Gasteiger partial charge >= 0.3 is 11.9 Å². The quantitative estimate of drug-likeness (QED) is 0.713. The zero-order valence-electron chi connectivity index (χ0n) is 12.2. The summed E-state index contributed by atoms with van der Waals surface area (Å²) in [7, 11) is 2.74. The lowest BCUT2D eigenvalue weighted by Crippen LogP contribution is -2.30. The van der Waals surface area contributed by atoms with Crippen molar-refractivity contribution in [1.29, 1.82) is 0 Å². The van der Waals surface area contributed by atoms with Crippen LogP contribution in [0.2, 0.25) is 0 Å². The Morgan fingerprint density at radius 3 is 2.55 bits per heavy atom. The van der Waals surface area contributed by atoms with Crippen LogP contribution in [0.3, 0.4) is 0 Å². The van der Waals surface area contributed by atoms with Gasteiger partial charge in [0, 0.05) is 6.54 Å². The summed E-state index contributed by atoms with van der Waals surface area (Å²) in [6, 6.07) is 7.22. The predicted molar refractivity (Wildman–Crippen MR) is 75.4 cm³/mol. The van der Waals surface area contributed by atoms with E-state index in [1.54, 1.807) is 12.1 Å². The van der Waals surface area contributed by atoms with Crippen molar-refractivity contribution in [2.75, 3.05) is 27.3 Å². The lowest BCUT2D eigenvalue weighted by molar-refractivity contribution is -0.142. The van der Waals surface area contributed by atoms with Crippen molar-refractivity contribution in [3.63, 3.8) is 0 Å². The van der Waals surface area contributed by atoms with Crippen molar-refractivity contribution in [1.82, 2.24) is 4.90 Å². The van der Waals surface area contributed by atoms with Gasteiger partial charge in [-0.15, -0.1) is 0 Å². The molecule has 0 saturated carbocycles. The summed E-state index contributed by atoms with van der Waals surface area (Å²) in [5.74, 6) is -0.621. The number of benzene rings is 1. The normalized spacial score (nSPS) is 10.4. The van der Waals surface area contributed by atoms with Gasteiger partial charge in [0.2, 0.25) is 0 Å². The molecule has 0 aliphatic rings. The SMILES string of the molecule is CCCN(CC(=O)OC)Cc1cccc(C(=O)OC)c1. The largest absolute Gasteiger partial charge is 0.468 e. The fraction of sp³-hybridized carbons (Fsp3) is 0.467. The summed E-state index contributed by atoms with van der Waals surface area (Å²) in [4.78, 5) is 24.9. The maximum atomic E-state index is 11.5. The van der Waals surface area contributed by atoms with E-state index in [9.17, 15) is 9.59 Å². The smallest absolute Gasteiger partial charge is 0.337 e. The summed E-state index contributed by atoms with van der Waals surface area (Å²) >= 11 is 0. The van der Waals surface area contributed by atoms with E-state index in [1.165, 1.54) is 14.2 Å². The third-order valence-corrected chi connectivity index (χ3v) is 2.87. The van der Waals surface area contributed by atoms with E-state index in [-0.39, 0.29) is 18.5 Å². The number of methoxy groups -OCH3 is 2. The van der Waals surface area contributed by atoms with Gasteiger partial charge in [0.15, 0.2) is 0 Å². The molecule has 0 aliphatic heterocycles. The highest BCUT2D eigenvalue weighted by Gasteiger charge is 2.12. The molecule has 5 heteroatoms. The monoisotopic (exact) mass is 279 g/mol. The second-order valence-corrected chi connectivity index (χ2v) is 4.48. The van der Waals surface area contributed by atoms with E-state index in [0.717, 1.165) is 18.5 Å². The molecule has 0 aromatic heterocycles. The molecule has 0 atom stereocenters. The molecule has 1 aromatic carbocycles. The molecule has 0 aliphatic carbocycles. The Bertz CT molecular complexity index is 459. The highest BCUT2D eigenvalue weighted by molar-refractivity contribution is 5.89. The second kappa shape index (κ2) is 8.32. The van der Waals surface area contributed by atoms with E-state index in [2.05, 4.69) is 11.7 Å². The zero-order valence-corrected chi connectivity index (χ0v) is 12.2. The Morgan fingerprint density at radius 1 is 1.20 bits per heavy atom. The molecule has 0 amide bonds. The Balaban J connectivity index is 2.77. The highest BCUT2D eigenvalue weighted by Crippen LogP contribution is 2.10. The summed E-state index contributed by atoms with van der Waals surface area (Å²) < 4.78 is 9.39. The molecule has 0 N–H and O–H groups in total. The number of esters is 2. The first-order chi connectivity index (χ1) is 9.60. The molecule has 0 spiro atoms. The maximum absolute atomic E-state index is 11.5. The van der Waals surface area contributed by atoms with Crippen LogP contribution in [0.5, 0.6) is 0 Å². The predicted octanol–water partition coefficient (Wildman–Crippen LogP) is 1.86. The Hall–Kier alpha value is -1.88. The van der Waals surface area contributed by atoms with Crippen molar-refractivity contribution in [3.8, 4) is 0 Å². The van der Waals surface area contributed by atoms with E-state index < -0.39 is 0 Å².